The van der Waals surface area contributed by atoms with E-state index in [0.717, 1.165) is 18.4 Å². The van der Waals surface area contributed by atoms with Gasteiger partial charge in [0.05, 0.1) is 0 Å². The highest BCUT2D eigenvalue weighted by atomic mass is 35.5. The van der Waals surface area contributed by atoms with Crippen LogP contribution >= 0.6 is 11.6 Å². The van der Waals surface area contributed by atoms with Crippen molar-refractivity contribution in [3.8, 4) is 5.75 Å². The van der Waals surface area contributed by atoms with Gasteiger partial charge in [-0.2, -0.15) is 0 Å². The standard InChI is InChI=1S/C21H26ClNO2/c1-2-3-4-8-13-23-21(25)15-18(16-9-6-5-7-10-16)19-14-17(22)11-12-20(19)24/h5-7,9-12,14,18,24H,2-4,8,13,15H2,1H3,(H,23,25)/t18-/m0/s1. The predicted octanol–water partition coefficient (Wildman–Crippen LogP) is 5.26. The van der Waals surface area contributed by atoms with Gasteiger partial charge in [-0.25, -0.2) is 0 Å². The Morgan fingerprint density at radius 1 is 1.12 bits per heavy atom. The largest absolute Gasteiger partial charge is 0.508 e. The Balaban J connectivity index is 2.11. The summed E-state index contributed by atoms with van der Waals surface area (Å²) >= 11 is 6.11. The lowest BCUT2D eigenvalue weighted by molar-refractivity contribution is -0.121. The molecule has 0 bridgehead atoms. The van der Waals surface area contributed by atoms with Crippen LogP contribution in [0.25, 0.3) is 0 Å². The number of carbonyl (C=O) groups is 1. The number of aromatic hydroxyl groups is 1. The smallest absolute Gasteiger partial charge is 0.220 e. The molecule has 2 aromatic rings. The van der Waals surface area contributed by atoms with E-state index in [1.54, 1.807) is 18.2 Å². The first-order valence-corrected chi connectivity index (χ1v) is 9.29. The van der Waals surface area contributed by atoms with Gasteiger partial charge < -0.3 is 10.4 Å². The minimum Gasteiger partial charge on any atom is -0.508 e. The Kier molecular flexibility index (Phi) is 7.80. The molecule has 0 aromatic heterocycles. The second kappa shape index (κ2) is 10.1. The monoisotopic (exact) mass is 359 g/mol. The fourth-order valence-corrected chi connectivity index (χ4v) is 3.11. The zero-order valence-electron chi connectivity index (χ0n) is 14.7. The molecule has 134 valence electrons. The van der Waals surface area contributed by atoms with Gasteiger partial charge in [0.25, 0.3) is 0 Å². The van der Waals surface area contributed by atoms with Crippen LogP contribution in [0, 0.1) is 0 Å². The summed E-state index contributed by atoms with van der Waals surface area (Å²) in [6.45, 7) is 2.86. The highest BCUT2D eigenvalue weighted by molar-refractivity contribution is 6.30. The van der Waals surface area contributed by atoms with E-state index in [-0.39, 0.29) is 24.0 Å². The van der Waals surface area contributed by atoms with Gasteiger partial charge in [0, 0.05) is 29.5 Å². The molecule has 2 aromatic carbocycles. The maximum Gasteiger partial charge on any atom is 0.220 e. The van der Waals surface area contributed by atoms with Crippen molar-refractivity contribution < 1.29 is 9.90 Å². The Morgan fingerprint density at radius 2 is 1.88 bits per heavy atom. The fraction of sp³-hybridized carbons (Fsp3) is 0.381. The van der Waals surface area contributed by atoms with Gasteiger partial charge in [0.2, 0.25) is 5.91 Å². The van der Waals surface area contributed by atoms with Gasteiger partial charge in [-0.3, -0.25) is 4.79 Å². The lowest BCUT2D eigenvalue weighted by Crippen LogP contribution is -2.26. The Hall–Kier alpha value is -2.00. The summed E-state index contributed by atoms with van der Waals surface area (Å²) in [5.74, 6) is -0.0748. The first-order valence-electron chi connectivity index (χ1n) is 8.92. The molecule has 0 fully saturated rings. The molecule has 0 aliphatic carbocycles. The molecule has 3 nitrogen and oxygen atoms in total. The maximum atomic E-state index is 12.4. The summed E-state index contributed by atoms with van der Waals surface area (Å²) in [6, 6.07) is 14.7. The number of unbranched alkanes of at least 4 members (excludes halogenated alkanes) is 3. The summed E-state index contributed by atoms with van der Waals surface area (Å²) in [7, 11) is 0. The molecule has 1 atom stereocenters. The zero-order valence-corrected chi connectivity index (χ0v) is 15.4. The van der Waals surface area contributed by atoms with Crippen molar-refractivity contribution in [3.05, 3.63) is 64.7 Å². The SMILES string of the molecule is CCCCCCNC(=O)C[C@@H](c1ccccc1)c1cc(Cl)ccc1O. The molecule has 0 radical (unpaired) electrons. The van der Waals surface area contributed by atoms with Crippen LogP contribution in [0.1, 0.15) is 56.1 Å². The molecule has 0 spiro atoms. The molecule has 0 saturated heterocycles. The minimum atomic E-state index is -0.226. The average Bonchev–Trinajstić information content (AvgIpc) is 2.62. The number of phenols is 1. The summed E-state index contributed by atoms with van der Waals surface area (Å²) in [4.78, 5) is 12.4. The van der Waals surface area contributed by atoms with E-state index in [1.807, 2.05) is 30.3 Å². The zero-order chi connectivity index (χ0) is 18.1. The molecule has 0 unspecified atom stereocenters. The number of halogens is 1. The lowest BCUT2D eigenvalue weighted by Gasteiger charge is -2.19. The first-order chi connectivity index (χ1) is 12.1. The van der Waals surface area contributed by atoms with E-state index in [0.29, 0.717) is 17.1 Å². The van der Waals surface area contributed by atoms with Gasteiger partial charge in [0.1, 0.15) is 5.75 Å². The molecule has 2 rings (SSSR count). The highest BCUT2D eigenvalue weighted by Gasteiger charge is 2.21. The number of hydrogen-bond acceptors (Lipinski definition) is 2. The topological polar surface area (TPSA) is 49.3 Å². The van der Waals surface area contributed by atoms with Crippen LogP contribution in [0.15, 0.2) is 48.5 Å². The first kappa shape index (κ1) is 19.3. The number of rotatable bonds is 9. The Morgan fingerprint density at radius 3 is 2.60 bits per heavy atom. The van der Waals surface area contributed by atoms with E-state index >= 15 is 0 Å². The fourth-order valence-electron chi connectivity index (χ4n) is 2.93. The normalized spacial score (nSPS) is 11.9. The summed E-state index contributed by atoms with van der Waals surface area (Å²) < 4.78 is 0. The van der Waals surface area contributed by atoms with Crippen LogP contribution in [0.4, 0.5) is 0 Å². The van der Waals surface area contributed by atoms with Crippen molar-refractivity contribution >= 4 is 17.5 Å². The summed E-state index contributed by atoms with van der Waals surface area (Å²) in [5, 5.41) is 13.8. The summed E-state index contributed by atoms with van der Waals surface area (Å²) in [5.41, 5.74) is 1.67. The lowest BCUT2D eigenvalue weighted by atomic mass is 9.87. The number of benzene rings is 2. The van der Waals surface area contributed by atoms with Crippen molar-refractivity contribution in [2.24, 2.45) is 0 Å². The van der Waals surface area contributed by atoms with Crippen LogP contribution in [0.3, 0.4) is 0 Å². The molecular formula is C21H26ClNO2. The van der Waals surface area contributed by atoms with Crippen LogP contribution in [-0.4, -0.2) is 17.6 Å². The van der Waals surface area contributed by atoms with Gasteiger partial charge >= 0.3 is 0 Å². The maximum absolute atomic E-state index is 12.4. The van der Waals surface area contributed by atoms with Crippen LogP contribution in [-0.2, 0) is 4.79 Å². The molecule has 0 aliphatic rings. The van der Waals surface area contributed by atoms with Crippen LogP contribution in [0.5, 0.6) is 5.75 Å². The third kappa shape index (κ3) is 6.09. The molecule has 4 heteroatoms. The molecular weight excluding hydrogens is 334 g/mol. The molecule has 0 aliphatic heterocycles. The van der Waals surface area contributed by atoms with Crippen molar-refractivity contribution in [2.45, 2.75) is 44.9 Å². The van der Waals surface area contributed by atoms with Crippen molar-refractivity contribution in [3.63, 3.8) is 0 Å². The predicted molar refractivity (Wildman–Crippen MR) is 103 cm³/mol. The molecule has 0 saturated carbocycles. The second-order valence-corrected chi connectivity index (χ2v) is 6.72. The molecule has 2 N–H and O–H groups in total. The van der Waals surface area contributed by atoms with Gasteiger partial charge in [0.15, 0.2) is 0 Å². The van der Waals surface area contributed by atoms with E-state index in [9.17, 15) is 9.90 Å². The Bertz CT molecular complexity index is 673. The van der Waals surface area contributed by atoms with E-state index < -0.39 is 0 Å². The number of amides is 1. The van der Waals surface area contributed by atoms with Gasteiger partial charge in [-0.1, -0.05) is 68.1 Å². The number of phenolic OH excluding ortho intramolecular Hbond substituents is 1. The van der Waals surface area contributed by atoms with E-state index in [2.05, 4.69) is 12.2 Å². The van der Waals surface area contributed by atoms with Gasteiger partial charge in [-0.05, 0) is 30.2 Å². The quantitative estimate of drug-likeness (QED) is 0.599. The molecule has 1 amide bonds. The molecule has 25 heavy (non-hydrogen) atoms. The summed E-state index contributed by atoms with van der Waals surface area (Å²) in [6.07, 6.45) is 4.79. The number of nitrogens with one attached hydrogen (secondary N) is 1. The third-order valence-electron chi connectivity index (χ3n) is 4.31. The van der Waals surface area contributed by atoms with Crippen LogP contribution < -0.4 is 5.32 Å². The Labute approximate surface area is 155 Å². The highest BCUT2D eigenvalue weighted by Crippen LogP contribution is 2.35. The van der Waals surface area contributed by atoms with Crippen molar-refractivity contribution in [1.82, 2.24) is 5.32 Å². The van der Waals surface area contributed by atoms with Gasteiger partial charge in [-0.15, -0.1) is 0 Å². The van der Waals surface area contributed by atoms with Crippen molar-refractivity contribution in [2.75, 3.05) is 6.54 Å². The van der Waals surface area contributed by atoms with Crippen LogP contribution in [0.2, 0.25) is 5.02 Å². The number of carbonyl (C=O) groups excluding carboxylic acids is 1. The third-order valence-corrected chi connectivity index (χ3v) is 4.54. The van der Waals surface area contributed by atoms with E-state index in [4.69, 9.17) is 11.6 Å². The average molecular weight is 360 g/mol. The van der Waals surface area contributed by atoms with Crippen molar-refractivity contribution in [1.29, 1.82) is 0 Å². The number of hydrogen-bond donors (Lipinski definition) is 2. The molecule has 0 heterocycles. The van der Waals surface area contributed by atoms with E-state index in [1.165, 1.54) is 12.8 Å². The second-order valence-electron chi connectivity index (χ2n) is 6.28. The minimum absolute atomic E-state index is 0.00951.